The van der Waals surface area contributed by atoms with Gasteiger partial charge in [-0.05, 0) is 53.5 Å². The van der Waals surface area contributed by atoms with E-state index in [2.05, 4.69) is 39.6 Å². The zero-order valence-electron chi connectivity index (χ0n) is 12.2. The Hall–Kier alpha value is -1.33. The van der Waals surface area contributed by atoms with Crippen molar-refractivity contribution in [3.05, 3.63) is 50.1 Å². The van der Waals surface area contributed by atoms with Crippen molar-refractivity contribution in [3.8, 4) is 0 Å². The molecule has 1 amide bonds. The molecule has 0 radical (unpaired) electrons. The highest BCUT2D eigenvalue weighted by Crippen LogP contribution is 2.27. The Morgan fingerprint density at radius 2 is 2.14 bits per heavy atom. The van der Waals surface area contributed by atoms with Crippen LogP contribution >= 0.6 is 27.3 Å². The van der Waals surface area contributed by atoms with Crippen LogP contribution in [0.25, 0.3) is 0 Å². The molecule has 2 rings (SSSR count). The normalized spacial score (nSPS) is 10.4. The number of benzene rings is 1. The SMILES string of the molecule is CCCNC(=O)c1cccc(NCc2cc(Br)c(C)s2)c1. The number of anilines is 1. The van der Waals surface area contributed by atoms with Crippen LogP contribution in [0.1, 0.15) is 33.5 Å². The van der Waals surface area contributed by atoms with E-state index >= 15 is 0 Å². The number of aryl methyl sites for hydroxylation is 1. The van der Waals surface area contributed by atoms with E-state index < -0.39 is 0 Å². The fourth-order valence-electron chi connectivity index (χ4n) is 1.91. The van der Waals surface area contributed by atoms with Crippen molar-refractivity contribution < 1.29 is 4.79 Å². The molecular weight excluding hydrogens is 348 g/mol. The van der Waals surface area contributed by atoms with Gasteiger partial charge in [-0.15, -0.1) is 11.3 Å². The molecule has 3 nitrogen and oxygen atoms in total. The maximum absolute atomic E-state index is 11.9. The van der Waals surface area contributed by atoms with Crippen molar-refractivity contribution in [3.63, 3.8) is 0 Å². The minimum absolute atomic E-state index is 0.0183. The maximum Gasteiger partial charge on any atom is 0.251 e. The molecule has 2 N–H and O–H groups in total. The first kappa shape index (κ1) is 16.0. The molecule has 0 fully saturated rings. The first-order valence-corrected chi connectivity index (χ1v) is 8.58. The Morgan fingerprint density at radius 1 is 1.33 bits per heavy atom. The lowest BCUT2D eigenvalue weighted by Gasteiger charge is -2.08. The molecule has 112 valence electrons. The second kappa shape index (κ2) is 7.61. The van der Waals surface area contributed by atoms with Crippen molar-refractivity contribution >= 4 is 38.9 Å². The largest absolute Gasteiger partial charge is 0.380 e. The van der Waals surface area contributed by atoms with E-state index in [0.717, 1.165) is 23.1 Å². The summed E-state index contributed by atoms with van der Waals surface area (Å²) in [5.41, 5.74) is 1.65. The van der Waals surface area contributed by atoms with Gasteiger partial charge in [0.25, 0.3) is 5.91 Å². The topological polar surface area (TPSA) is 41.1 Å². The monoisotopic (exact) mass is 366 g/mol. The minimum Gasteiger partial charge on any atom is -0.380 e. The van der Waals surface area contributed by atoms with Crippen molar-refractivity contribution in [1.29, 1.82) is 0 Å². The number of carbonyl (C=O) groups is 1. The van der Waals surface area contributed by atoms with Crippen LogP contribution in [0.15, 0.2) is 34.8 Å². The number of carbonyl (C=O) groups excluding carboxylic acids is 1. The third kappa shape index (κ3) is 4.58. The molecule has 1 aromatic carbocycles. The van der Waals surface area contributed by atoms with E-state index in [-0.39, 0.29) is 5.91 Å². The number of rotatable bonds is 6. The summed E-state index contributed by atoms with van der Waals surface area (Å²) in [6.07, 6.45) is 0.941. The van der Waals surface area contributed by atoms with Gasteiger partial charge in [0, 0.05) is 38.6 Å². The Labute approximate surface area is 137 Å². The lowest BCUT2D eigenvalue weighted by Crippen LogP contribution is -2.23. The average molecular weight is 367 g/mol. The molecule has 0 aliphatic carbocycles. The molecule has 0 saturated carbocycles. The summed E-state index contributed by atoms with van der Waals surface area (Å²) in [6.45, 7) is 5.60. The van der Waals surface area contributed by atoms with Crippen LogP contribution in [-0.4, -0.2) is 12.5 Å². The van der Waals surface area contributed by atoms with Crippen LogP contribution in [0.4, 0.5) is 5.69 Å². The lowest BCUT2D eigenvalue weighted by atomic mass is 10.2. The van der Waals surface area contributed by atoms with Crippen molar-refractivity contribution in [1.82, 2.24) is 5.32 Å². The van der Waals surface area contributed by atoms with E-state index in [4.69, 9.17) is 0 Å². The summed E-state index contributed by atoms with van der Waals surface area (Å²) in [7, 11) is 0. The summed E-state index contributed by atoms with van der Waals surface area (Å²) >= 11 is 5.29. The molecule has 0 unspecified atom stereocenters. The highest BCUT2D eigenvalue weighted by Gasteiger charge is 2.06. The van der Waals surface area contributed by atoms with Crippen LogP contribution in [0.3, 0.4) is 0 Å². The molecule has 0 bridgehead atoms. The maximum atomic E-state index is 11.9. The molecule has 0 atom stereocenters. The lowest BCUT2D eigenvalue weighted by molar-refractivity contribution is 0.0953. The predicted molar refractivity (Wildman–Crippen MR) is 93.1 cm³/mol. The van der Waals surface area contributed by atoms with Gasteiger partial charge < -0.3 is 10.6 Å². The molecule has 1 aromatic heterocycles. The summed E-state index contributed by atoms with van der Waals surface area (Å²) in [5.74, 6) is -0.0183. The number of amides is 1. The van der Waals surface area contributed by atoms with Gasteiger partial charge >= 0.3 is 0 Å². The zero-order chi connectivity index (χ0) is 15.2. The van der Waals surface area contributed by atoms with Crippen LogP contribution < -0.4 is 10.6 Å². The third-order valence-electron chi connectivity index (χ3n) is 3.04. The Kier molecular flexibility index (Phi) is 5.82. The van der Waals surface area contributed by atoms with Gasteiger partial charge in [-0.25, -0.2) is 0 Å². The Bertz CT molecular complexity index is 605. The Morgan fingerprint density at radius 3 is 2.81 bits per heavy atom. The van der Waals surface area contributed by atoms with Crippen LogP contribution in [0.2, 0.25) is 0 Å². The third-order valence-corrected chi connectivity index (χ3v) is 5.17. The number of halogens is 1. The second-order valence-corrected chi connectivity index (χ2v) is 7.00. The van der Waals surface area contributed by atoms with Gasteiger partial charge in [0.1, 0.15) is 0 Å². The van der Waals surface area contributed by atoms with E-state index in [1.165, 1.54) is 9.75 Å². The molecule has 0 saturated heterocycles. The van der Waals surface area contributed by atoms with Gasteiger partial charge in [0.2, 0.25) is 0 Å². The van der Waals surface area contributed by atoms with Crippen molar-refractivity contribution in [2.75, 3.05) is 11.9 Å². The van der Waals surface area contributed by atoms with Gasteiger partial charge in [-0.2, -0.15) is 0 Å². The molecule has 1 heterocycles. The van der Waals surface area contributed by atoms with E-state index in [1.54, 1.807) is 11.3 Å². The summed E-state index contributed by atoms with van der Waals surface area (Å²) < 4.78 is 1.15. The van der Waals surface area contributed by atoms with Gasteiger partial charge in [0.05, 0.1) is 0 Å². The summed E-state index contributed by atoms with van der Waals surface area (Å²) in [4.78, 5) is 14.5. The zero-order valence-corrected chi connectivity index (χ0v) is 14.6. The molecule has 21 heavy (non-hydrogen) atoms. The Balaban J connectivity index is 1.99. The van der Waals surface area contributed by atoms with Crippen LogP contribution in [0.5, 0.6) is 0 Å². The minimum atomic E-state index is -0.0183. The fraction of sp³-hybridized carbons (Fsp3) is 0.312. The van der Waals surface area contributed by atoms with Gasteiger partial charge in [0.15, 0.2) is 0 Å². The van der Waals surface area contributed by atoms with Crippen molar-refractivity contribution in [2.24, 2.45) is 0 Å². The first-order valence-electron chi connectivity index (χ1n) is 6.97. The first-order chi connectivity index (χ1) is 10.1. The summed E-state index contributed by atoms with van der Waals surface area (Å²) in [6, 6.07) is 9.73. The molecule has 0 aliphatic heterocycles. The van der Waals surface area contributed by atoms with E-state index in [0.29, 0.717) is 12.1 Å². The summed E-state index contributed by atoms with van der Waals surface area (Å²) in [5, 5.41) is 6.25. The molecular formula is C16H19BrN2OS. The van der Waals surface area contributed by atoms with Crippen LogP contribution in [0, 0.1) is 6.92 Å². The van der Waals surface area contributed by atoms with E-state index in [9.17, 15) is 4.79 Å². The van der Waals surface area contributed by atoms with Gasteiger partial charge in [-0.1, -0.05) is 13.0 Å². The average Bonchev–Trinajstić information content (AvgIpc) is 2.81. The molecule has 2 aromatic rings. The number of hydrogen-bond donors (Lipinski definition) is 2. The van der Waals surface area contributed by atoms with Crippen molar-refractivity contribution in [2.45, 2.75) is 26.8 Å². The highest BCUT2D eigenvalue weighted by molar-refractivity contribution is 9.10. The quantitative estimate of drug-likeness (QED) is 0.785. The predicted octanol–water partition coefficient (Wildman–Crippen LogP) is 4.57. The molecule has 0 spiro atoms. The molecule has 5 heteroatoms. The number of nitrogens with one attached hydrogen (secondary N) is 2. The van der Waals surface area contributed by atoms with Gasteiger partial charge in [-0.3, -0.25) is 4.79 Å². The number of thiophene rings is 1. The molecule has 0 aliphatic rings. The van der Waals surface area contributed by atoms with Crippen LogP contribution in [-0.2, 0) is 6.54 Å². The standard InChI is InChI=1S/C16H19BrN2OS/c1-3-7-18-16(20)12-5-4-6-13(8-12)19-10-14-9-15(17)11(2)21-14/h4-6,8-9,19H,3,7,10H2,1-2H3,(H,18,20). The number of hydrogen-bond acceptors (Lipinski definition) is 3. The van der Waals surface area contributed by atoms with E-state index in [1.807, 2.05) is 31.2 Å². The highest BCUT2D eigenvalue weighted by atomic mass is 79.9. The smallest absolute Gasteiger partial charge is 0.251 e. The fourth-order valence-corrected chi connectivity index (χ4v) is 3.45. The second-order valence-electron chi connectivity index (χ2n) is 4.81.